The number of aliphatic hydroxyl groups is 1. The number of hydrogen-bond acceptors (Lipinski definition) is 3. The van der Waals surface area contributed by atoms with E-state index in [1.165, 1.54) is 11.1 Å². The van der Waals surface area contributed by atoms with Gasteiger partial charge in [-0.1, -0.05) is 24.3 Å². The van der Waals surface area contributed by atoms with Crippen LogP contribution in [0, 0.1) is 0 Å². The van der Waals surface area contributed by atoms with E-state index in [-0.39, 0.29) is 6.10 Å². The third-order valence-electron chi connectivity index (χ3n) is 3.14. The number of allylic oxidation sites excluding steroid dienone is 1. The van der Waals surface area contributed by atoms with Gasteiger partial charge >= 0.3 is 0 Å². The molecule has 2 aliphatic rings. The van der Waals surface area contributed by atoms with Crippen molar-refractivity contribution in [2.24, 2.45) is 0 Å². The van der Waals surface area contributed by atoms with Crippen LogP contribution in [-0.2, 0) is 11.3 Å². The van der Waals surface area contributed by atoms with E-state index >= 15 is 0 Å². The van der Waals surface area contributed by atoms with Gasteiger partial charge in [-0.05, 0) is 24.5 Å². The first-order valence-electron chi connectivity index (χ1n) is 5.72. The number of hydrogen-bond donors (Lipinski definition) is 1. The maximum absolute atomic E-state index is 9.43. The van der Waals surface area contributed by atoms with Gasteiger partial charge < -0.3 is 9.94 Å². The minimum absolute atomic E-state index is 0.239. The molecule has 0 spiro atoms. The average Bonchev–Trinajstić information content (AvgIpc) is 2.87. The molecular formula is C13H15NO2. The van der Waals surface area contributed by atoms with Crippen LogP contribution in [0.2, 0.25) is 0 Å². The second-order valence-electron chi connectivity index (χ2n) is 4.35. The van der Waals surface area contributed by atoms with Crippen molar-refractivity contribution in [1.82, 2.24) is 5.06 Å². The van der Waals surface area contributed by atoms with Crippen LogP contribution < -0.4 is 0 Å². The molecule has 1 aliphatic heterocycles. The van der Waals surface area contributed by atoms with Gasteiger partial charge in [-0.25, -0.2) is 0 Å². The summed E-state index contributed by atoms with van der Waals surface area (Å²) in [6.45, 7) is 1.42. The van der Waals surface area contributed by atoms with Crippen molar-refractivity contribution in [1.29, 1.82) is 0 Å². The van der Waals surface area contributed by atoms with Crippen molar-refractivity contribution in [3.8, 4) is 0 Å². The van der Waals surface area contributed by atoms with Gasteiger partial charge in [0.05, 0.1) is 12.6 Å². The summed E-state index contributed by atoms with van der Waals surface area (Å²) in [5, 5.41) is 11.3. The molecule has 0 radical (unpaired) electrons. The highest BCUT2D eigenvalue weighted by atomic mass is 16.7. The Morgan fingerprint density at radius 3 is 3.00 bits per heavy atom. The molecule has 16 heavy (non-hydrogen) atoms. The van der Waals surface area contributed by atoms with E-state index in [2.05, 4.69) is 24.3 Å². The summed E-state index contributed by atoms with van der Waals surface area (Å²) >= 11 is 0. The largest absolute Gasteiger partial charge is 0.406 e. The molecule has 1 aromatic carbocycles. The number of rotatable bonds is 2. The monoisotopic (exact) mass is 217 g/mol. The van der Waals surface area contributed by atoms with Crippen LogP contribution >= 0.6 is 0 Å². The van der Waals surface area contributed by atoms with Crippen molar-refractivity contribution < 1.29 is 9.94 Å². The van der Waals surface area contributed by atoms with E-state index in [1.54, 1.807) is 0 Å². The average molecular weight is 217 g/mol. The Balaban J connectivity index is 1.73. The molecule has 0 saturated carbocycles. The molecule has 1 aromatic rings. The first kappa shape index (κ1) is 9.87. The maximum Gasteiger partial charge on any atom is 0.151 e. The smallest absolute Gasteiger partial charge is 0.151 e. The van der Waals surface area contributed by atoms with Gasteiger partial charge in [-0.15, -0.1) is 5.06 Å². The lowest BCUT2D eigenvalue weighted by atomic mass is 10.1. The van der Waals surface area contributed by atoms with Gasteiger partial charge in [0, 0.05) is 12.1 Å². The fraction of sp³-hybridized carbons (Fsp3) is 0.385. The van der Waals surface area contributed by atoms with Crippen LogP contribution in [0.5, 0.6) is 0 Å². The van der Waals surface area contributed by atoms with E-state index in [4.69, 9.17) is 4.84 Å². The third kappa shape index (κ3) is 1.72. The Morgan fingerprint density at radius 2 is 2.19 bits per heavy atom. The molecule has 0 aromatic heterocycles. The molecule has 84 valence electrons. The summed E-state index contributed by atoms with van der Waals surface area (Å²) in [6.07, 6.45) is 3.61. The maximum atomic E-state index is 9.43. The van der Waals surface area contributed by atoms with Crippen LogP contribution in [0.3, 0.4) is 0 Å². The van der Waals surface area contributed by atoms with Crippen LogP contribution in [0.15, 0.2) is 30.3 Å². The van der Waals surface area contributed by atoms with Gasteiger partial charge in [0.1, 0.15) is 0 Å². The minimum Gasteiger partial charge on any atom is -0.406 e. The second kappa shape index (κ2) is 3.92. The SMILES string of the molecule is OC1CCN(OC2=CCc3ccccc32)C1. The predicted octanol–water partition coefficient (Wildman–Crippen LogP) is 1.58. The molecule has 0 amide bonds. The summed E-state index contributed by atoms with van der Waals surface area (Å²) in [7, 11) is 0. The molecule has 1 fully saturated rings. The van der Waals surface area contributed by atoms with Gasteiger partial charge in [-0.3, -0.25) is 0 Å². The Kier molecular flexibility index (Phi) is 2.42. The van der Waals surface area contributed by atoms with Crippen molar-refractivity contribution in [2.75, 3.05) is 13.1 Å². The number of nitrogens with zero attached hydrogens (tertiary/aromatic N) is 1. The van der Waals surface area contributed by atoms with Crippen molar-refractivity contribution >= 4 is 5.76 Å². The number of hydroxylamine groups is 2. The highest BCUT2D eigenvalue weighted by Gasteiger charge is 2.24. The molecule has 3 heteroatoms. The van der Waals surface area contributed by atoms with Crippen LogP contribution in [0.4, 0.5) is 0 Å². The lowest BCUT2D eigenvalue weighted by molar-refractivity contribution is -0.0730. The van der Waals surface area contributed by atoms with Gasteiger partial charge in [-0.2, -0.15) is 0 Å². The number of β-amino-alcohol motifs (C(OH)–C–C–N with tert-alkyl or cyclic N) is 1. The molecule has 3 rings (SSSR count). The van der Waals surface area contributed by atoms with Crippen LogP contribution in [0.25, 0.3) is 5.76 Å². The van der Waals surface area contributed by atoms with Gasteiger partial charge in [0.25, 0.3) is 0 Å². The number of benzene rings is 1. The highest BCUT2D eigenvalue weighted by Crippen LogP contribution is 2.29. The molecule has 1 atom stereocenters. The minimum atomic E-state index is -0.239. The summed E-state index contributed by atoms with van der Waals surface area (Å²) in [6, 6.07) is 8.29. The number of aliphatic hydroxyl groups excluding tert-OH is 1. The van der Waals surface area contributed by atoms with E-state index in [9.17, 15) is 5.11 Å². The Labute approximate surface area is 94.9 Å². The van der Waals surface area contributed by atoms with Crippen molar-refractivity contribution in [3.05, 3.63) is 41.5 Å². The quantitative estimate of drug-likeness (QED) is 0.816. The van der Waals surface area contributed by atoms with Gasteiger partial charge in [0.2, 0.25) is 0 Å². The zero-order valence-corrected chi connectivity index (χ0v) is 9.10. The first-order valence-corrected chi connectivity index (χ1v) is 5.72. The Morgan fingerprint density at radius 1 is 1.31 bits per heavy atom. The molecule has 1 N–H and O–H groups in total. The number of fused-ring (bicyclic) bond motifs is 1. The van der Waals surface area contributed by atoms with E-state index < -0.39 is 0 Å². The summed E-state index contributed by atoms with van der Waals surface area (Å²) in [4.78, 5) is 5.80. The Bertz CT molecular complexity index is 428. The summed E-state index contributed by atoms with van der Waals surface area (Å²) in [5.41, 5.74) is 2.50. The zero-order chi connectivity index (χ0) is 11.0. The van der Waals surface area contributed by atoms with E-state index in [0.29, 0.717) is 6.54 Å². The molecule has 1 aliphatic carbocycles. The van der Waals surface area contributed by atoms with Gasteiger partial charge in [0.15, 0.2) is 5.76 Å². The topological polar surface area (TPSA) is 32.7 Å². The van der Waals surface area contributed by atoms with E-state index in [0.717, 1.165) is 25.1 Å². The lowest BCUT2D eigenvalue weighted by Crippen LogP contribution is -2.21. The zero-order valence-electron chi connectivity index (χ0n) is 9.10. The summed E-state index contributed by atoms with van der Waals surface area (Å²) < 4.78 is 0. The highest BCUT2D eigenvalue weighted by molar-refractivity contribution is 5.68. The normalized spacial score (nSPS) is 24.3. The second-order valence-corrected chi connectivity index (χ2v) is 4.35. The Hall–Kier alpha value is -1.32. The summed E-state index contributed by atoms with van der Waals surface area (Å²) in [5.74, 6) is 0.935. The molecular weight excluding hydrogens is 202 g/mol. The van der Waals surface area contributed by atoms with Crippen LogP contribution in [0.1, 0.15) is 17.5 Å². The third-order valence-corrected chi connectivity index (χ3v) is 3.14. The lowest BCUT2D eigenvalue weighted by Gasteiger charge is -2.17. The van der Waals surface area contributed by atoms with Crippen molar-refractivity contribution in [2.45, 2.75) is 18.9 Å². The fourth-order valence-corrected chi connectivity index (χ4v) is 2.27. The van der Waals surface area contributed by atoms with Crippen LogP contribution in [-0.4, -0.2) is 29.4 Å². The molecule has 1 heterocycles. The van der Waals surface area contributed by atoms with Crippen molar-refractivity contribution in [3.63, 3.8) is 0 Å². The molecule has 1 saturated heterocycles. The fourth-order valence-electron chi connectivity index (χ4n) is 2.27. The molecule has 1 unspecified atom stereocenters. The first-order chi connectivity index (χ1) is 7.83. The van der Waals surface area contributed by atoms with E-state index in [1.807, 2.05) is 11.1 Å². The molecule has 3 nitrogen and oxygen atoms in total. The molecule has 0 bridgehead atoms. The predicted molar refractivity (Wildman–Crippen MR) is 61.4 cm³/mol. The standard InChI is InChI=1S/C13H15NO2/c15-11-7-8-14(9-11)16-13-6-5-10-3-1-2-4-12(10)13/h1-4,6,11,15H,5,7-9H2.